The first-order valence-corrected chi connectivity index (χ1v) is 8.07. The molecule has 1 heterocycles. The van der Waals surface area contributed by atoms with Crippen molar-refractivity contribution in [2.45, 2.75) is 13.8 Å². The third-order valence-corrected chi connectivity index (χ3v) is 4.13. The molecule has 0 unspecified atom stereocenters. The summed E-state index contributed by atoms with van der Waals surface area (Å²) in [5.74, 6) is -0.330. The highest BCUT2D eigenvalue weighted by atomic mass is 16.5. The van der Waals surface area contributed by atoms with Gasteiger partial charge >= 0.3 is 5.97 Å². The van der Waals surface area contributed by atoms with Gasteiger partial charge in [0.05, 0.1) is 18.4 Å². The summed E-state index contributed by atoms with van der Waals surface area (Å²) in [6.07, 6.45) is 1.89. The van der Waals surface area contributed by atoms with Crippen LogP contribution in [0.5, 0.6) is 0 Å². The summed E-state index contributed by atoms with van der Waals surface area (Å²) in [6, 6.07) is 19.4. The molecule has 3 aromatic rings. The Morgan fingerprint density at radius 2 is 1.72 bits per heavy atom. The molecule has 0 atom stereocenters. The Balaban J connectivity index is 1.92. The quantitative estimate of drug-likeness (QED) is 0.516. The third kappa shape index (κ3) is 3.53. The number of aliphatic imine (C=N–C) groups is 1. The molecule has 126 valence electrons. The van der Waals surface area contributed by atoms with Crippen molar-refractivity contribution in [3.8, 4) is 5.69 Å². The minimum atomic E-state index is -0.330. The summed E-state index contributed by atoms with van der Waals surface area (Å²) in [5.41, 5.74) is 5.75. The molecule has 0 saturated carbocycles. The molecule has 0 aliphatic heterocycles. The third-order valence-electron chi connectivity index (χ3n) is 4.13. The SMILES string of the molecule is COC(=O)c1ccc(-n2c(C)cc(C=Nc3ccccc3)c2C)cc1. The standard InChI is InChI=1S/C21H20N2O2/c1-15-13-18(14-22-19-7-5-4-6-8-19)16(2)23(15)20-11-9-17(10-12-20)21(24)25-3/h4-14H,1-3H3. The molecule has 0 aliphatic rings. The van der Waals surface area contributed by atoms with Crippen LogP contribution in [0.3, 0.4) is 0 Å². The van der Waals surface area contributed by atoms with Gasteiger partial charge in [-0.3, -0.25) is 4.99 Å². The second-order valence-corrected chi connectivity index (χ2v) is 5.79. The first-order chi connectivity index (χ1) is 12.1. The van der Waals surface area contributed by atoms with Crippen LogP contribution in [-0.4, -0.2) is 23.9 Å². The Hall–Kier alpha value is -3.14. The van der Waals surface area contributed by atoms with Crippen LogP contribution < -0.4 is 0 Å². The molecule has 25 heavy (non-hydrogen) atoms. The molecule has 0 amide bonds. The van der Waals surface area contributed by atoms with Crippen molar-refractivity contribution < 1.29 is 9.53 Å². The van der Waals surface area contributed by atoms with Crippen LogP contribution >= 0.6 is 0 Å². The highest BCUT2D eigenvalue weighted by Gasteiger charge is 2.11. The van der Waals surface area contributed by atoms with Gasteiger partial charge in [-0.2, -0.15) is 0 Å². The van der Waals surface area contributed by atoms with Gasteiger partial charge in [-0.05, 0) is 56.3 Å². The van der Waals surface area contributed by atoms with Crippen LogP contribution in [0.25, 0.3) is 5.69 Å². The topological polar surface area (TPSA) is 43.6 Å². The van der Waals surface area contributed by atoms with Crippen LogP contribution in [-0.2, 0) is 4.74 Å². The predicted molar refractivity (Wildman–Crippen MR) is 100 cm³/mol. The molecule has 0 N–H and O–H groups in total. The Morgan fingerprint density at radius 3 is 2.36 bits per heavy atom. The summed E-state index contributed by atoms with van der Waals surface area (Å²) in [6.45, 7) is 4.12. The van der Waals surface area contributed by atoms with E-state index < -0.39 is 0 Å². The lowest BCUT2D eigenvalue weighted by molar-refractivity contribution is 0.0601. The molecule has 0 spiro atoms. The highest BCUT2D eigenvalue weighted by molar-refractivity contribution is 5.89. The number of para-hydroxylation sites is 1. The molecular formula is C21H20N2O2. The molecule has 0 aliphatic carbocycles. The second kappa shape index (κ2) is 7.18. The summed E-state index contributed by atoms with van der Waals surface area (Å²) in [7, 11) is 1.38. The maximum atomic E-state index is 11.6. The van der Waals surface area contributed by atoms with Crippen molar-refractivity contribution in [3.05, 3.63) is 83.2 Å². The van der Waals surface area contributed by atoms with E-state index >= 15 is 0 Å². The Labute approximate surface area is 147 Å². The zero-order valence-corrected chi connectivity index (χ0v) is 14.6. The molecule has 0 fully saturated rings. The lowest BCUT2D eigenvalue weighted by Crippen LogP contribution is -2.03. The fraction of sp³-hybridized carbons (Fsp3) is 0.143. The molecule has 4 nitrogen and oxygen atoms in total. The van der Waals surface area contributed by atoms with E-state index in [0.29, 0.717) is 5.56 Å². The van der Waals surface area contributed by atoms with Crippen LogP contribution in [0.1, 0.15) is 27.3 Å². The van der Waals surface area contributed by atoms with Gasteiger partial charge in [-0.1, -0.05) is 18.2 Å². The van der Waals surface area contributed by atoms with E-state index in [1.807, 2.05) is 48.7 Å². The number of benzene rings is 2. The highest BCUT2D eigenvalue weighted by Crippen LogP contribution is 2.21. The zero-order valence-electron chi connectivity index (χ0n) is 14.6. The number of ether oxygens (including phenoxy) is 1. The van der Waals surface area contributed by atoms with E-state index in [0.717, 1.165) is 28.3 Å². The number of nitrogens with zero attached hydrogens (tertiary/aromatic N) is 2. The van der Waals surface area contributed by atoms with Gasteiger partial charge in [-0.15, -0.1) is 0 Å². The molecule has 0 saturated heterocycles. The second-order valence-electron chi connectivity index (χ2n) is 5.79. The average Bonchev–Trinajstić information content (AvgIpc) is 2.94. The molecule has 2 aromatic carbocycles. The van der Waals surface area contributed by atoms with Crippen molar-refractivity contribution >= 4 is 17.9 Å². The van der Waals surface area contributed by atoms with Crippen molar-refractivity contribution in [2.24, 2.45) is 4.99 Å². The summed E-state index contributed by atoms with van der Waals surface area (Å²) >= 11 is 0. The molecular weight excluding hydrogens is 312 g/mol. The van der Waals surface area contributed by atoms with Crippen LogP contribution in [0.15, 0.2) is 65.7 Å². The van der Waals surface area contributed by atoms with Gasteiger partial charge in [0, 0.05) is 28.9 Å². The smallest absolute Gasteiger partial charge is 0.337 e. The lowest BCUT2D eigenvalue weighted by Gasteiger charge is -2.10. The Bertz CT molecular complexity index is 907. The van der Waals surface area contributed by atoms with Gasteiger partial charge in [0.1, 0.15) is 0 Å². The summed E-state index contributed by atoms with van der Waals surface area (Å²) in [4.78, 5) is 16.1. The Morgan fingerprint density at radius 1 is 1.04 bits per heavy atom. The Kier molecular flexibility index (Phi) is 4.80. The maximum Gasteiger partial charge on any atom is 0.337 e. The zero-order chi connectivity index (χ0) is 17.8. The monoisotopic (exact) mass is 332 g/mol. The van der Waals surface area contributed by atoms with E-state index in [1.165, 1.54) is 7.11 Å². The van der Waals surface area contributed by atoms with E-state index in [-0.39, 0.29) is 5.97 Å². The number of methoxy groups -OCH3 is 1. The number of carbonyl (C=O) groups is 1. The average molecular weight is 332 g/mol. The van der Waals surface area contributed by atoms with Crippen LogP contribution in [0, 0.1) is 13.8 Å². The largest absolute Gasteiger partial charge is 0.465 e. The van der Waals surface area contributed by atoms with Gasteiger partial charge < -0.3 is 9.30 Å². The van der Waals surface area contributed by atoms with E-state index in [1.54, 1.807) is 12.1 Å². The fourth-order valence-corrected chi connectivity index (χ4v) is 2.84. The minimum Gasteiger partial charge on any atom is -0.465 e. The predicted octanol–water partition coefficient (Wildman–Crippen LogP) is 4.63. The molecule has 0 radical (unpaired) electrons. The summed E-state index contributed by atoms with van der Waals surface area (Å²) in [5, 5.41) is 0. The number of hydrogen-bond acceptors (Lipinski definition) is 3. The molecule has 0 bridgehead atoms. The van der Waals surface area contributed by atoms with Gasteiger partial charge in [0.25, 0.3) is 0 Å². The summed E-state index contributed by atoms with van der Waals surface area (Å²) < 4.78 is 6.89. The lowest BCUT2D eigenvalue weighted by atomic mass is 10.2. The van der Waals surface area contributed by atoms with E-state index in [4.69, 9.17) is 4.74 Å². The first kappa shape index (κ1) is 16.7. The normalized spacial score (nSPS) is 11.0. The van der Waals surface area contributed by atoms with Crippen molar-refractivity contribution in [1.82, 2.24) is 4.57 Å². The molecule has 4 heteroatoms. The van der Waals surface area contributed by atoms with E-state index in [2.05, 4.69) is 29.5 Å². The molecule has 1 aromatic heterocycles. The molecule has 3 rings (SSSR count). The van der Waals surface area contributed by atoms with Crippen LogP contribution in [0.4, 0.5) is 5.69 Å². The number of aromatic nitrogens is 1. The van der Waals surface area contributed by atoms with Crippen LogP contribution in [0.2, 0.25) is 0 Å². The fourth-order valence-electron chi connectivity index (χ4n) is 2.84. The van der Waals surface area contributed by atoms with Gasteiger partial charge in [-0.25, -0.2) is 4.79 Å². The van der Waals surface area contributed by atoms with E-state index in [9.17, 15) is 4.79 Å². The number of aryl methyl sites for hydroxylation is 1. The number of hydrogen-bond donors (Lipinski definition) is 0. The van der Waals surface area contributed by atoms with Crippen molar-refractivity contribution in [3.63, 3.8) is 0 Å². The van der Waals surface area contributed by atoms with Crippen molar-refractivity contribution in [2.75, 3.05) is 7.11 Å². The van der Waals surface area contributed by atoms with Gasteiger partial charge in [0.15, 0.2) is 0 Å². The number of esters is 1. The number of carbonyl (C=O) groups excluding carboxylic acids is 1. The van der Waals surface area contributed by atoms with Gasteiger partial charge in [0.2, 0.25) is 0 Å². The maximum absolute atomic E-state index is 11.6. The first-order valence-electron chi connectivity index (χ1n) is 8.07. The number of rotatable bonds is 4. The van der Waals surface area contributed by atoms with Crippen molar-refractivity contribution in [1.29, 1.82) is 0 Å². The minimum absolute atomic E-state index is 0.330.